The number of nitrogens with one attached hydrogen (secondary N) is 1. The smallest absolute Gasteiger partial charge is 0.0590 e. The third kappa shape index (κ3) is 10.2. The molecule has 15 heavy (non-hydrogen) atoms. The van der Waals surface area contributed by atoms with Crippen LogP contribution < -0.4 is 5.32 Å². The van der Waals surface area contributed by atoms with Crippen molar-refractivity contribution in [3.05, 3.63) is 0 Å². The van der Waals surface area contributed by atoms with Gasteiger partial charge in [-0.05, 0) is 39.0 Å². The molecule has 0 spiro atoms. The van der Waals surface area contributed by atoms with E-state index < -0.39 is 0 Å². The Bertz CT molecular complexity index is 116. The van der Waals surface area contributed by atoms with Gasteiger partial charge in [-0.3, -0.25) is 0 Å². The zero-order valence-electron chi connectivity index (χ0n) is 10.7. The summed E-state index contributed by atoms with van der Waals surface area (Å²) in [5, 5.41) is 3.40. The molecule has 0 heterocycles. The number of hydrogen-bond donors (Lipinski definition) is 1. The molecule has 0 radical (unpaired) electrons. The van der Waals surface area contributed by atoms with E-state index in [1.807, 2.05) is 0 Å². The van der Waals surface area contributed by atoms with Crippen molar-refractivity contribution < 1.29 is 4.74 Å². The molecule has 0 unspecified atom stereocenters. The van der Waals surface area contributed by atoms with Gasteiger partial charge in [-0.15, -0.1) is 0 Å². The Morgan fingerprint density at radius 1 is 1.00 bits per heavy atom. The maximum atomic E-state index is 5.38. The van der Waals surface area contributed by atoms with Gasteiger partial charge < -0.3 is 15.0 Å². The molecule has 0 aromatic rings. The van der Waals surface area contributed by atoms with Crippen molar-refractivity contribution in [2.24, 2.45) is 0 Å². The Morgan fingerprint density at radius 2 is 1.73 bits per heavy atom. The zero-order chi connectivity index (χ0) is 11.4. The van der Waals surface area contributed by atoms with E-state index in [2.05, 4.69) is 31.0 Å². The molecule has 3 nitrogen and oxygen atoms in total. The van der Waals surface area contributed by atoms with E-state index >= 15 is 0 Å². The molecule has 0 fully saturated rings. The van der Waals surface area contributed by atoms with Gasteiger partial charge in [0, 0.05) is 13.2 Å². The van der Waals surface area contributed by atoms with Crippen LogP contribution in [0.5, 0.6) is 0 Å². The van der Waals surface area contributed by atoms with Gasteiger partial charge in [-0.25, -0.2) is 0 Å². The average Bonchev–Trinajstić information content (AvgIpc) is 2.27. The van der Waals surface area contributed by atoms with Crippen LogP contribution in [0.2, 0.25) is 0 Å². The van der Waals surface area contributed by atoms with Crippen LogP contribution >= 0.6 is 0 Å². The van der Waals surface area contributed by atoms with E-state index in [1.165, 1.54) is 13.0 Å². The molecule has 92 valence electrons. The summed E-state index contributed by atoms with van der Waals surface area (Å²) in [6, 6.07) is 0. The number of hydrogen-bond acceptors (Lipinski definition) is 3. The minimum Gasteiger partial charge on any atom is -0.380 e. The molecule has 0 aliphatic rings. The minimum atomic E-state index is 0.846. The molecule has 3 heteroatoms. The van der Waals surface area contributed by atoms with Crippen LogP contribution in [0, 0.1) is 0 Å². The Morgan fingerprint density at radius 3 is 2.33 bits per heavy atom. The molecule has 0 aliphatic carbocycles. The van der Waals surface area contributed by atoms with Crippen molar-refractivity contribution in [1.29, 1.82) is 0 Å². The second-order valence-electron chi connectivity index (χ2n) is 3.74. The van der Waals surface area contributed by atoms with Crippen LogP contribution in [0.1, 0.15) is 33.6 Å². The van der Waals surface area contributed by atoms with E-state index in [9.17, 15) is 0 Å². The molecule has 0 aromatic carbocycles. The molecule has 0 saturated heterocycles. The summed E-state index contributed by atoms with van der Waals surface area (Å²) in [7, 11) is 0. The van der Waals surface area contributed by atoms with Crippen LogP contribution in [-0.2, 0) is 4.74 Å². The first-order chi connectivity index (χ1) is 7.35. The molecule has 0 aliphatic heterocycles. The van der Waals surface area contributed by atoms with Crippen LogP contribution in [0.15, 0.2) is 0 Å². The molecular formula is C12H28N2O. The van der Waals surface area contributed by atoms with Gasteiger partial charge in [-0.2, -0.15) is 0 Å². The van der Waals surface area contributed by atoms with E-state index in [1.54, 1.807) is 0 Å². The van der Waals surface area contributed by atoms with Gasteiger partial charge >= 0.3 is 0 Å². The van der Waals surface area contributed by atoms with Gasteiger partial charge in [0.2, 0.25) is 0 Å². The third-order valence-corrected chi connectivity index (χ3v) is 2.49. The standard InChI is InChI=1S/C12H28N2O/c1-4-11-15-12-9-13-8-7-10-14(5-2)6-3/h13H,4-12H2,1-3H3. The van der Waals surface area contributed by atoms with Crippen LogP contribution in [0.3, 0.4) is 0 Å². The van der Waals surface area contributed by atoms with Crippen LogP contribution in [0.4, 0.5) is 0 Å². The van der Waals surface area contributed by atoms with E-state index in [4.69, 9.17) is 4.74 Å². The van der Waals surface area contributed by atoms with Crippen LogP contribution in [0.25, 0.3) is 0 Å². The first-order valence-corrected chi connectivity index (χ1v) is 6.35. The lowest BCUT2D eigenvalue weighted by Gasteiger charge is -2.17. The van der Waals surface area contributed by atoms with Gasteiger partial charge in [0.1, 0.15) is 0 Å². The normalized spacial score (nSPS) is 11.2. The molecule has 0 aromatic heterocycles. The molecule has 0 amide bonds. The second kappa shape index (κ2) is 12.0. The summed E-state index contributed by atoms with van der Waals surface area (Å²) in [5.74, 6) is 0. The van der Waals surface area contributed by atoms with Crippen molar-refractivity contribution in [3.63, 3.8) is 0 Å². The Hall–Kier alpha value is -0.120. The van der Waals surface area contributed by atoms with Gasteiger partial charge in [0.25, 0.3) is 0 Å². The quantitative estimate of drug-likeness (QED) is 0.532. The molecule has 0 rings (SSSR count). The molecule has 0 bridgehead atoms. The summed E-state index contributed by atoms with van der Waals surface area (Å²) in [5.41, 5.74) is 0. The fraction of sp³-hybridized carbons (Fsp3) is 1.00. The summed E-state index contributed by atoms with van der Waals surface area (Å²) in [4.78, 5) is 2.45. The molecule has 0 saturated carbocycles. The maximum absolute atomic E-state index is 5.38. The van der Waals surface area contributed by atoms with E-state index in [0.29, 0.717) is 0 Å². The fourth-order valence-corrected chi connectivity index (χ4v) is 1.48. The Labute approximate surface area is 95.2 Å². The highest BCUT2D eigenvalue weighted by Crippen LogP contribution is 1.89. The highest BCUT2D eigenvalue weighted by molar-refractivity contribution is 4.54. The topological polar surface area (TPSA) is 24.5 Å². The number of nitrogens with zero attached hydrogens (tertiary/aromatic N) is 1. The van der Waals surface area contributed by atoms with Crippen LogP contribution in [-0.4, -0.2) is 50.8 Å². The SMILES string of the molecule is CCCOCCNCCCN(CC)CC. The Balaban J connectivity index is 3.04. The summed E-state index contributed by atoms with van der Waals surface area (Å²) < 4.78 is 5.38. The summed E-state index contributed by atoms with van der Waals surface area (Å²) in [6.45, 7) is 13.9. The first-order valence-electron chi connectivity index (χ1n) is 6.35. The first kappa shape index (κ1) is 14.9. The Kier molecular flexibility index (Phi) is 11.9. The zero-order valence-corrected chi connectivity index (χ0v) is 10.7. The lowest BCUT2D eigenvalue weighted by Crippen LogP contribution is -2.28. The minimum absolute atomic E-state index is 0.846. The van der Waals surface area contributed by atoms with Crippen molar-refractivity contribution >= 4 is 0 Å². The lowest BCUT2D eigenvalue weighted by molar-refractivity contribution is 0.136. The third-order valence-electron chi connectivity index (χ3n) is 2.49. The maximum Gasteiger partial charge on any atom is 0.0590 e. The van der Waals surface area contributed by atoms with Gasteiger partial charge in [0.05, 0.1) is 6.61 Å². The summed E-state index contributed by atoms with van der Waals surface area (Å²) >= 11 is 0. The second-order valence-corrected chi connectivity index (χ2v) is 3.74. The van der Waals surface area contributed by atoms with Crippen molar-refractivity contribution in [2.45, 2.75) is 33.6 Å². The van der Waals surface area contributed by atoms with E-state index in [0.717, 1.165) is 45.8 Å². The number of ether oxygens (including phenoxy) is 1. The van der Waals surface area contributed by atoms with Gasteiger partial charge in [-0.1, -0.05) is 20.8 Å². The fourth-order valence-electron chi connectivity index (χ4n) is 1.48. The van der Waals surface area contributed by atoms with Gasteiger partial charge in [0.15, 0.2) is 0 Å². The average molecular weight is 216 g/mol. The van der Waals surface area contributed by atoms with Crippen molar-refractivity contribution in [2.75, 3.05) is 45.9 Å². The van der Waals surface area contributed by atoms with E-state index in [-0.39, 0.29) is 0 Å². The predicted octanol–water partition coefficient (Wildman–Crippen LogP) is 1.73. The molecule has 1 N–H and O–H groups in total. The van der Waals surface area contributed by atoms with Crippen molar-refractivity contribution in [3.8, 4) is 0 Å². The van der Waals surface area contributed by atoms with Crippen molar-refractivity contribution in [1.82, 2.24) is 10.2 Å². The number of rotatable bonds is 11. The largest absolute Gasteiger partial charge is 0.380 e. The lowest BCUT2D eigenvalue weighted by atomic mass is 10.3. The highest BCUT2D eigenvalue weighted by Gasteiger charge is 1.97. The predicted molar refractivity (Wildman–Crippen MR) is 66.4 cm³/mol. The molecule has 0 atom stereocenters. The monoisotopic (exact) mass is 216 g/mol. The highest BCUT2D eigenvalue weighted by atomic mass is 16.5. The molecular weight excluding hydrogens is 188 g/mol. The summed E-state index contributed by atoms with van der Waals surface area (Å²) in [6.07, 6.45) is 2.34.